The second-order valence-electron chi connectivity index (χ2n) is 5.29. The highest BCUT2D eigenvalue weighted by molar-refractivity contribution is 6.36. The highest BCUT2D eigenvalue weighted by Gasteiger charge is 2.12. The predicted molar refractivity (Wildman–Crippen MR) is 102 cm³/mol. The number of hydrogen-bond donors (Lipinski definition) is 3. The molecular formula is C18H17Cl2N3O3. The molecule has 0 aliphatic rings. The van der Waals surface area contributed by atoms with Gasteiger partial charge in [-0.25, -0.2) is 0 Å². The molecule has 2 aromatic carbocycles. The van der Waals surface area contributed by atoms with E-state index < -0.39 is 11.8 Å². The van der Waals surface area contributed by atoms with Crippen LogP contribution in [0.25, 0.3) is 0 Å². The monoisotopic (exact) mass is 393 g/mol. The summed E-state index contributed by atoms with van der Waals surface area (Å²) in [6.07, 6.45) is 0. The molecule has 8 heteroatoms. The van der Waals surface area contributed by atoms with Gasteiger partial charge in [-0.05, 0) is 49.4 Å². The van der Waals surface area contributed by atoms with Crippen LogP contribution >= 0.6 is 23.2 Å². The van der Waals surface area contributed by atoms with Crippen LogP contribution in [0.4, 0.5) is 5.69 Å². The molecule has 0 spiro atoms. The van der Waals surface area contributed by atoms with E-state index in [0.29, 0.717) is 22.8 Å². The van der Waals surface area contributed by atoms with E-state index in [1.54, 1.807) is 30.3 Å². The zero-order valence-corrected chi connectivity index (χ0v) is 15.4. The van der Waals surface area contributed by atoms with Crippen LogP contribution in [0.15, 0.2) is 42.5 Å². The van der Waals surface area contributed by atoms with Gasteiger partial charge in [0.15, 0.2) is 0 Å². The lowest BCUT2D eigenvalue weighted by atomic mass is 10.2. The number of rotatable bonds is 6. The van der Waals surface area contributed by atoms with Crippen LogP contribution in [0.1, 0.15) is 27.6 Å². The second kappa shape index (κ2) is 9.22. The van der Waals surface area contributed by atoms with Gasteiger partial charge in [0.1, 0.15) is 0 Å². The number of benzene rings is 2. The third-order valence-corrected chi connectivity index (χ3v) is 3.90. The molecule has 0 bridgehead atoms. The summed E-state index contributed by atoms with van der Waals surface area (Å²) < 4.78 is 0. The molecular weight excluding hydrogens is 377 g/mol. The molecule has 0 atom stereocenters. The number of halogens is 2. The summed E-state index contributed by atoms with van der Waals surface area (Å²) in [7, 11) is 0. The van der Waals surface area contributed by atoms with Crippen molar-refractivity contribution >= 4 is 46.6 Å². The van der Waals surface area contributed by atoms with Crippen molar-refractivity contribution in [3.05, 3.63) is 63.6 Å². The number of anilines is 1. The first-order chi connectivity index (χ1) is 12.4. The van der Waals surface area contributed by atoms with E-state index in [0.717, 1.165) is 0 Å². The third-order valence-electron chi connectivity index (χ3n) is 3.35. The molecule has 2 rings (SSSR count). The first-order valence-corrected chi connectivity index (χ1v) is 8.57. The van der Waals surface area contributed by atoms with E-state index in [1.807, 2.05) is 6.92 Å². The highest BCUT2D eigenvalue weighted by atomic mass is 35.5. The summed E-state index contributed by atoms with van der Waals surface area (Å²) >= 11 is 11.7. The Morgan fingerprint density at radius 2 is 1.62 bits per heavy atom. The topological polar surface area (TPSA) is 87.3 Å². The minimum Gasteiger partial charge on any atom is -0.352 e. The minimum atomic E-state index is -0.478. The van der Waals surface area contributed by atoms with Crippen molar-refractivity contribution in [3.8, 4) is 0 Å². The molecule has 136 valence electrons. The van der Waals surface area contributed by atoms with Crippen molar-refractivity contribution in [1.82, 2.24) is 10.6 Å². The van der Waals surface area contributed by atoms with Crippen molar-refractivity contribution in [2.75, 3.05) is 18.4 Å². The fourth-order valence-electron chi connectivity index (χ4n) is 2.10. The van der Waals surface area contributed by atoms with Crippen LogP contribution in [-0.4, -0.2) is 30.8 Å². The fraction of sp³-hybridized carbons (Fsp3) is 0.167. The van der Waals surface area contributed by atoms with Gasteiger partial charge in [0.25, 0.3) is 11.8 Å². The number of carbonyl (C=O) groups excluding carboxylic acids is 3. The van der Waals surface area contributed by atoms with Gasteiger partial charge >= 0.3 is 0 Å². The standard InChI is InChI=1S/C18H17Cl2N3O3/c1-2-21-17(25)11-3-6-13(7-4-11)23-16(24)10-22-18(26)14-8-5-12(19)9-15(14)20/h3-9H,2,10H2,1H3,(H,21,25)(H,22,26)(H,23,24). The molecule has 0 aromatic heterocycles. The van der Waals surface area contributed by atoms with Crippen LogP contribution in [0.2, 0.25) is 10.0 Å². The molecule has 2 aromatic rings. The normalized spacial score (nSPS) is 10.1. The maximum absolute atomic E-state index is 12.1. The zero-order valence-electron chi connectivity index (χ0n) is 13.9. The lowest BCUT2D eigenvalue weighted by Gasteiger charge is -2.09. The van der Waals surface area contributed by atoms with Crippen molar-refractivity contribution in [1.29, 1.82) is 0 Å². The Labute approximate surface area is 160 Å². The first-order valence-electron chi connectivity index (χ1n) is 7.82. The van der Waals surface area contributed by atoms with Crippen LogP contribution < -0.4 is 16.0 Å². The van der Waals surface area contributed by atoms with Crippen molar-refractivity contribution in [3.63, 3.8) is 0 Å². The molecule has 0 aliphatic heterocycles. The third kappa shape index (κ3) is 5.47. The Hall–Kier alpha value is -2.57. The van der Waals surface area contributed by atoms with E-state index in [1.165, 1.54) is 12.1 Å². The smallest absolute Gasteiger partial charge is 0.253 e. The number of amides is 3. The summed E-state index contributed by atoms with van der Waals surface area (Å²) in [5.74, 6) is -1.07. The maximum Gasteiger partial charge on any atom is 0.253 e. The molecule has 0 saturated heterocycles. The van der Waals surface area contributed by atoms with E-state index in [-0.39, 0.29) is 23.0 Å². The van der Waals surface area contributed by atoms with E-state index >= 15 is 0 Å². The fourth-order valence-corrected chi connectivity index (χ4v) is 2.60. The molecule has 3 amide bonds. The van der Waals surface area contributed by atoms with Crippen molar-refractivity contribution in [2.24, 2.45) is 0 Å². The van der Waals surface area contributed by atoms with Gasteiger partial charge < -0.3 is 16.0 Å². The Bertz CT molecular complexity index is 823. The Morgan fingerprint density at radius 1 is 0.923 bits per heavy atom. The highest BCUT2D eigenvalue weighted by Crippen LogP contribution is 2.20. The summed E-state index contributed by atoms with van der Waals surface area (Å²) in [6, 6.07) is 10.9. The van der Waals surface area contributed by atoms with E-state index in [2.05, 4.69) is 16.0 Å². The van der Waals surface area contributed by atoms with Gasteiger partial charge in [0, 0.05) is 22.8 Å². The molecule has 6 nitrogen and oxygen atoms in total. The molecule has 0 heterocycles. The Kier molecular flexibility index (Phi) is 7.00. The van der Waals surface area contributed by atoms with E-state index in [9.17, 15) is 14.4 Å². The zero-order chi connectivity index (χ0) is 19.1. The van der Waals surface area contributed by atoms with Crippen molar-refractivity contribution in [2.45, 2.75) is 6.92 Å². The van der Waals surface area contributed by atoms with Gasteiger partial charge in [-0.2, -0.15) is 0 Å². The van der Waals surface area contributed by atoms with Gasteiger partial charge in [0.2, 0.25) is 5.91 Å². The lowest BCUT2D eigenvalue weighted by Crippen LogP contribution is -2.33. The number of nitrogens with one attached hydrogen (secondary N) is 3. The SMILES string of the molecule is CCNC(=O)c1ccc(NC(=O)CNC(=O)c2ccc(Cl)cc2Cl)cc1. The quantitative estimate of drug-likeness (QED) is 0.704. The van der Waals surface area contributed by atoms with Crippen LogP contribution in [-0.2, 0) is 4.79 Å². The minimum absolute atomic E-state index is 0.183. The summed E-state index contributed by atoms with van der Waals surface area (Å²) in [4.78, 5) is 35.7. The Morgan fingerprint density at radius 3 is 2.23 bits per heavy atom. The average Bonchev–Trinajstić information content (AvgIpc) is 2.60. The largest absolute Gasteiger partial charge is 0.352 e. The number of carbonyl (C=O) groups is 3. The second-order valence-corrected chi connectivity index (χ2v) is 6.14. The maximum atomic E-state index is 12.1. The average molecular weight is 394 g/mol. The Balaban J connectivity index is 1.88. The van der Waals surface area contributed by atoms with Gasteiger partial charge in [-0.3, -0.25) is 14.4 Å². The number of hydrogen-bond acceptors (Lipinski definition) is 3. The van der Waals surface area contributed by atoms with Crippen LogP contribution in [0.3, 0.4) is 0 Å². The summed E-state index contributed by atoms with van der Waals surface area (Å²) in [5, 5.41) is 8.42. The molecule has 26 heavy (non-hydrogen) atoms. The predicted octanol–water partition coefficient (Wildman–Crippen LogP) is 3.11. The van der Waals surface area contributed by atoms with E-state index in [4.69, 9.17) is 23.2 Å². The molecule has 3 N–H and O–H groups in total. The summed E-state index contributed by atoms with van der Waals surface area (Å²) in [5.41, 5.74) is 1.24. The molecule has 0 saturated carbocycles. The van der Waals surface area contributed by atoms with Gasteiger partial charge in [-0.1, -0.05) is 23.2 Å². The van der Waals surface area contributed by atoms with Gasteiger partial charge in [-0.15, -0.1) is 0 Å². The summed E-state index contributed by atoms with van der Waals surface area (Å²) in [6.45, 7) is 2.14. The van der Waals surface area contributed by atoms with Crippen LogP contribution in [0, 0.1) is 0 Å². The van der Waals surface area contributed by atoms with Gasteiger partial charge in [0.05, 0.1) is 17.1 Å². The molecule has 0 aliphatic carbocycles. The van der Waals surface area contributed by atoms with Crippen LogP contribution in [0.5, 0.6) is 0 Å². The lowest BCUT2D eigenvalue weighted by molar-refractivity contribution is -0.115. The molecule has 0 fully saturated rings. The van der Waals surface area contributed by atoms with Crippen molar-refractivity contribution < 1.29 is 14.4 Å². The molecule has 0 unspecified atom stereocenters. The molecule has 0 radical (unpaired) electrons. The first kappa shape index (κ1) is 19.8.